The molecule has 2 aliphatic rings. The van der Waals surface area contributed by atoms with Gasteiger partial charge in [0.15, 0.2) is 0 Å². The van der Waals surface area contributed by atoms with Gasteiger partial charge in [0.25, 0.3) is 5.56 Å². The normalized spacial score (nSPS) is 16.1. The summed E-state index contributed by atoms with van der Waals surface area (Å²) in [4.78, 5) is 43.8. The highest BCUT2D eigenvalue weighted by Gasteiger charge is 2.41. The summed E-state index contributed by atoms with van der Waals surface area (Å²) < 4.78 is 7.65. The van der Waals surface area contributed by atoms with Crippen molar-refractivity contribution in [3.8, 4) is 29.0 Å². The molecule has 0 saturated carbocycles. The number of aromatic carboxylic acids is 1. The highest BCUT2D eigenvalue weighted by Crippen LogP contribution is 2.37. The Morgan fingerprint density at radius 2 is 2.00 bits per heavy atom. The van der Waals surface area contributed by atoms with Crippen LogP contribution < -0.4 is 10.5 Å². The number of likely N-dealkylation sites (tertiary alicyclic amines) is 1. The third-order valence-corrected chi connectivity index (χ3v) is 10.9. The number of anilines is 1. The molecular formula is C36H32ClN7O4S. The molecule has 1 N–H and O–H groups in total. The molecule has 0 aliphatic carbocycles. The van der Waals surface area contributed by atoms with Crippen molar-refractivity contribution in [1.82, 2.24) is 24.4 Å². The van der Waals surface area contributed by atoms with E-state index >= 15 is 0 Å². The smallest absolute Gasteiger partial charge is 0.338 e. The van der Waals surface area contributed by atoms with E-state index in [1.807, 2.05) is 18.0 Å². The maximum Gasteiger partial charge on any atom is 0.338 e. The standard InChI is InChI=1S/C36H32ClN7O4S/c1-21-41-29-17-40-33(42(3)24-9-13-43(14-10-24)36(2)19-48-20-36)27(16-38)30(29)34(45)44(21)12-4-5-22-6-7-23(37)15-26(22)25-8-11-39-31-28(35(46)47)18-49-32(25)31/h6-8,11,15,17-18,24H,9-10,12-14,19-20H2,1-3H3,(H,46,47). The number of benzene rings is 1. The first kappa shape index (κ1) is 32.7. The van der Waals surface area contributed by atoms with E-state index in [0.29, 0.717) is 38.0 Å². The number of pyridine rings is 2. The Hall–Kier alpha value is -4.85. The molecule has 0 atom stereocenters. The molecule has 1 aromatic carbocycles. The van der Waals surface area contributed by atoms with Crippen LogP contribution in [0.3, 0.4) is 0 Å². The van der Waals surface area contributed by atoms with Crippen molar-refractivity contribution >= 4 is 55.8 Å². The molecule has 2 fully saturated rings. The van der Waals surface area contributed by atoms with Gasteiger partial charge in [-0.1, -0.05) is 23.4 Å². The van der Waals surface area contributed by atoms with Crippen LogP contribution in [0.25, 0.3) is 32.2 Å². The second-order valence-corrected chi connectivity index (χ2v) is 14.0. The number of hydrogen-bond donors (Lipinski definition) is 1. The predicted octanol–water partition coefficient (Wildman–Crippen LogP) is 5.34. The third-order valence-electron chi connectivity index (χ3n) is 9.64. The zero-order valence-corrected chi connectivity index (χ0v) is 28.7. The summed E-state index contributed by atoms with van der Waals surface area (Å²) in [5.41, 5.74) is 2.98. The van der Waals surface area contributed by atoms with Gasteiger partial charge in [0, 0.05) is 59.5 Å². The molecule has 5 aromatic rings. The van der Waals surface area contributed by atoms with Crippen LogP contribution in [-0.4, -0.2) is 80.4 Å². The van der Waals surface area contributed by atoms with E-state index in [0.717, 1.165) is 50.3 Å². The fraction of sp³-hybridized carbons (Fsp3) is 0.333. The number of nitrogens with zero attached hydrogens (tertiary/aromatic N) is 7. The van der Waals surface area contributed by atoms with Crippen LogP contribution in [0.2, 0.25) is 5.02 Å². The van der Waals surface area contributed by atoms with E-state index in [1.165, 1.54) is 15.9 Å². The first-order valence-corrected chi connectivity index (χ1v) is 17.1. The average Bonchev–Trinajstić information content (AvgIpc) is 3.53. The zero-order chi connectivity index (χ0) is 34.4. The van der Waals surface area contributed by atoms with Gasteiger partial charge < -0.3 is 14.7 Å². The molecule has 4 aromatic heterocycles. The van der Waals surface area contributed by atoms with Crippen LogP contribution in [0, 0.1) is 30.1 Å². The molecule has 2 aliphatic heterocycles. The molecule has 2 saturated heterocycles. The van der Waals surface area contributed by atoms with Gasteiger partial charge in [-0.25, -0.2) is 14.8 Å². The molecular weight excluding hydrogens is 662 g/mol. The second-order valence-electron chi connectivity index (χ2n) is 12.7. The molecule has 13 heteroatoms. The van der Waals surface area contributed by atoms with E-state index in [2.05, 4.69) is 44.7 Å². The number of piperidine rings is 1. The number of thiophene rings is 1. The van der Waals surface area contributed by atoms with Crippen LogP contribution in [-0.2, 0) is 11.3 Å². The Morgan fingerprint density at radius 3 is 2.69 bits per heavy atom. The second kappa shape index (κ2) is 12.9. The molecule has 49 heavy (non-hydrogen) atoms. The monoisotopic (exact) mass is 693 g/mol. The van der Waals surface area contributed by atoms with Crippen LogP contribution in [0.1, 0.15) is 47.1 Å². The van der Waals surface area contributed by atoms with E-state index in [1.54, 1.807) is 42.9 Å². The minimum absolute atomic E-state index is 0.0307. The Kier molecular flexibility index (Phi) is 8.59. The van der Waals surface area contributed by atoms with Gasteiger partial charge in [0.05, 0.1) is 58.2 Å². The number of hydrogen-bond acceptors (Lipinski definition) is 10. The maximum atomic E-state index is 14.0. The summed E-state index contributed by atoms with van der Waals surface area (Å²) in [6.45, 7) is 7.35. The lowest BCUT2D eigenvalue weighted by Crippen LogP contribution is -2.62. The van der Waals surface area contributed by atoms with Crippen molar-refractivity contribution in [1.29, 1.82) is 5.26 Å². The summed E-state index contributed by atoms with van der Waals surface area (Å²) in [6.07, 6.45) is 4.96. The highest BCUT2D eigenvalue weighted by molar-refractivity contribution is 7.18. The summed E-state index contributed by atoms with van der Waals surface area (Å²) in [5, 5.41) is 22.2. The summed E-state index contributed by atoms with van der Waals surface area (Å²) in [7, 11) is 1.94. The molecule has 0 spiro atoms. The molecule has 0 amide bonds. The van der Waals surface area contributed by atoms with Gasteiger partial charge in [-0.05, 0) is 51.0 Å². The SMILES string of the molecule is Cc1nc2cnc(N(C)C3CCN(C4(C)COC4)CC3)c(C#N)c2c(=O)n1CC#Cc1ccc(Cl)cc1-c1ccnc2c(C(=O)O)csc12. The molecule has 7 rings (SSSR count). The quantitative estimate of drug-likeness (QED) is 0.232. The maximum absolute atomic E-state index is 14.0. The van der Waals surface area contributed by atoms with E-state index in [-0.39, 0.29) is 40.2 Å². The number of aryl methyl sites for hydroxylation is 1. The summed E-state index contributed by atoms with van der Waals surface area (Å²) >= 11 is 7.69. The van der Waals surface area contributed by atoms with E-state index < -0.39 is 5.97 Å². The highest BCUT2D eigenvalue weighted by atomic mass is 35.5. The number of nitriles is 1. The van der Waals surface area contributed by atoms with E-state index in [9.17, 15) is 20.0 Å². The lowest BCUT2D eigenvalue weighted by Gasteiger charge is -2.50. The summed E-state index contributed by atoms with van der Waals surface area (Å²) in [5.74, 6) is 6.18. The number of halogens is 1. The Balaban J connectivity index is 1.20. The van der Waals surface area contributed by atoms with Gasteiger partial charge in [-0.3, -0.25) is 19.2 Å². The largest absolute Gasteiger partial charge is 0.478 e. The first-order chi connectivity index (χ1) is 23.6. The average molecular weight is 694 g/mol. The van der Waals surface area contributed by atoms with Gasteiger partial charge in [-0.2, -0.15) is 5.26 Å². The van der Waals surface area contributed by atoms with Crippen LogP contribution in [0.4, 0.5) is 5.82 Å². The van der Waals surface area contributed by atoms with Crippen LogP contribution in [0.15, 0.2) is 46.8 Å². The molecule has 6 heterocycles. The topological polar surface area (TPSA) is 137 Å². The number of carboxylic acids is 1. The zero-order valence-electron chi connectivity index (χ0n) is 27.2. The predicted molar refractivity (Wildman–Crippen MR) is 189 cm³/mol. The van der Waals surface area contributed by atoms with Crippen molar-refractivity contribution in [2.45, 2.75) is 44.8 Å². The van der Waals surface area contributed by atoms with Gasteiger partial charge >= 0.3 is 5.97 Å². The number of carboxylic acid groups (broad SMARTS) is 1. The lowest BCUT2D eigenvalue weighted by molar-refractivity contribution is -0.135. The van der Waals surface area contributed by atoms with Crippen molar-refractivity contribution in [2.75, 3.05) is 38.3 Å². The number of rotatable bonds is 6. The van der Waals surface area contributed by atoms with Gasteiger partial charge in [0.2, 0.25) is 0 Å². The van der Waals surface area contributed by atoms with Crippen LogP contribution >= 0.6 is 22.9 Å². The minimum Gasteiger partial charge on any atom is -0.478 e. The van der Waals surface area contributed by atoms with Crippen molar-refractivity contribution in [2.24, 2.45) is 0 Å². The Morgan fingerprint density at radius 1 is 1.22 bits per heavy atom. The number of fused-ring (bicyclic) bond motifs is 2. The van der Waals surface area contributed by atoms with Gasteiger partial charge in [-0.15, -0.1) is 11.3 Å². The van der Waals surface area contributed by atoms with E-state index in [4.69, 9.17) is 16.3 Å². The van der Waals surface area contributed by atoms with Gasteiger partial charge in [0.1, 0.15) is 23.3 Å². The molecule has 11 nitrogen and oxygen atoms in total. The molecule has 0 unspecified atom stereocenters. The first-order valence-electron chi connectivity index (χ1n) is 15.8. The Bertz CT molecular complexity index is 2310. The molecule has 0 bridgehead atoms. The summed E-state index contributed by atoms with van der Waals surface area (Å²) in [6, 6.07) is 9.55. The molecule has 0 radical (unpaired) electrons. The molecule has 248 valence electrons. The lowest BCUT2D eigenvalue weighted by atomic mass is 9.92. The van der Waals surface area contributed by atoms with Crippen LogP contribution in [0.5, 0.6) is 0 Å². The third kappa shape index (κ3) is 5.81. The van der Waals surface area contributed by atoms with Crippen molar-refractivity contribution in [3.63, 3.8) is 0 Å². The van der Waals surface area contributed by atoms with Crippen molar-refractivity contribution in [3.05, 3.63) is 79.9 Å². The minimum atomic E-state index is -1.05. The fourth-order valence-electron chi connectivity index (χ4n) is 6.77. The number of ether oxygens (including phenoxy) is 1. The van der Waals surface area contributed by atoms with Crippen molar-refractivity contribution < 1.29 is 14.6 Å². The fourth-order valence-corrected chi connectivity index (χ4v) is 7.97. The number of aromatic nitrogens is 4. The number of carbonyl (C=O) groups is 1. The Labute approximate surface area is 291 Å².